The van der Waals surface area contributed by atoms with Crippen molar-refractivity contribution in [1.82, 2.24) is 0 Å². The van der Waals surface area contributed by atoms with Crippen LogP contribution in [0.25, 0.3) is 4.91 Å². The molecule has 0 spiro atoms. The summed E-state index contributed by atoms with van der Waals surface area (Å²) in [5.41, 5.74) is 0.936. The van der Waals surface area contributed by atoms with Gasteiger partial charge in [-0.1, -0.05) is 0 Å². The Balaban J connectivity index is 2.51. The fourth-order valence-electron chi connectivity index (χ4n) is 1.29. The van der Waals surface area contributed by atoms with E-state index < -0.39 is 24.8 Å². The first kappa shape index (κ1) is 10.7. The van der Waals surface area contributed by atoms with E-state index in [0.29, 0.717) is 0 Å². The van der Waals surface area contributed by atoms with Crippen molar-refractivity contribution >= 4 is 13.2 Å². The molecule has 0 saturated heterocycles. The monoisotopic (exact) mass is 254 g/mol. The zero-order chi connectivity index (χ0) is 10.7. The van der Waals surface area contributed by atoms with Crippen molar-refractivity contribution in [2.45, 2.75) is 0 Å². The fraction of sp³-hybridized carbons (Fsp3) is 0. The predicted molar refractivity (Wildman–Crippen MR) is 54.7 cm³/mol. The average Bonchev–Trinajstić information content (AvgIpc) is 2.30. The van der Waals surface area contributed by atoms with Crippen LogP contribution in [0, 0.1) is 0 Å². The Labute approximate surface area is 94.7 Å². The summed E-state index contributed by atoms with van der Waals surface area (Å²) in [6.07, 6.45) is 5.15. The molecule has 1 aromatic rings. The molecule has 0 fully saturated rings. The van der Waals surface area contributed by atoms with Gasteiger partial charge in [-0.3, -0.25) is 0 Å². The third-order valence-electron chi connectivity index (χ3n) is 1.92. The normalized spacial score (nSPS) is 19.2. The van der Waals surface area contributed by atoms with Gasteiger partial charge in [0, 0.05) is 0 Å². The van der Waals surface area contributed by atoms with Crippen LogP contribution in [0.15, 0.2) is 53.0 Å². The van der Waals surface area contributed by atoms with Crippen molar-refractivity contribution in [3.8, 4) is 0 Å². The molecule has 0 amide bonds. The van der Waals surface area contributed by atoms with Crippen LogP contribution in [0.4, 0.5) is 0 Å². The number of allylic oxidation sites excluding steroid dienone is 2. The van der Waals surface area contributed by atoms with Gasteiger partial charge in [0.2, 0.25) is 0 Å². The number of hydrogen-bond acceptors (Lipinski definition) is 3. The van der Waals surface area contributed by atoms with Gasteiger partial charge in [-0.2, -0.15) is 0 Å². The van der Waals surface area contributed by atoms with Gasteiger partial charge in [-0.05, 0) is 0 Å². The maximum atomic E-state index is 11.1. The van der Waals surface area contributed by atoms with Crippen LogP contribution in [0.5, 0.6) is 0 Å². The number of nitrogens with zero attached hydrogens (tertiary/aromatic N) is 1. The van der Waals surface area contributed by atoms with Crippen LogP contribution in [0.2, 0.25) is 0 Å². The summed E-state index contributed by atoms with van der Waals surface area (Å²) in [6.45, 7) is 0. The van der Waals surface area contributed by atoms with Gasteiger partial charge in [0.1, 0.15) is 0 Å². The Morgan fingerprint density at radius 3 is 2.53 bits per heavy atom. The van der Waals surface area contributed by atoms with Crippen LogP contribution in [0.3, 0.4) is 0 Å². The molecule has 75 valence electrons. The molecule has 0 radical (unpaired) electrons. The Kier molecular flexibility index (Phi) is 3.41. The van der Waals surface area contributed by atoms with E-state index in [1.807, 2.05) is 36.4 Å². The average molecular weight is 254 g/mol. The van der Waals surface area contributed by atoms with Gasteiger partial charge in [0.25, 0.3) is 0 Å². The minimum atomic E-state index is -3.50. The Bertz CT molecular complexity index is 522. The van der Waals surface area contributed by atoms with Crippen LogP contribution in [0.1, 0.15) is 5.56 Å². The van der Waals surface area contributed by atoms with E-state index in [1.54, 1.807) is 12.3 Å². The molecular formula is C10H8NO2STi. The van der Waals surface area contributed by atoms with Crippen molar-refractivity contribution in [3.63, 3.8) is 0 Å². The van der Waals surface area contributed by atoms with Gasteiger partial charge in [0.15, 0.2) is 0 Å². The molecule has 1 atom stereocenters. The molecule has 3 nitrogen and oxygen atoms in total. The van der Waals surface area contributed by atoms with E-state index in [4.69, 9.17) is 0 Å². The molecule has 1 heterocycles. The molecule has 0 aliphatic carbocycles. The summed E-state index contributed by atoms with van der Waals surface area (Å²) in [5, 5.41) is 0. The van der Waals surface area contributed by atoms with Crippen molar-refractivity contribution in [2.75, 3.05) is 0 Å². The summed E-state index contributed by atoms with van der Waals surface area (Å²) in [6, 6.07) is 9.50. The number of hydrogen-bond donors (Lipinski definition) is 0. The second kappa shape index (κ2) is 4.79. The van der Waals surface area contributed by atoms with E-state index in [2.05, 4.69) is 4.36 Å². The Morgan fingerprint density at radius 1 is 1.13 bits per heavy atom. The Morgan fingerprint density at radius 2 is 1.87 bits per heavy atom. The van der Waals surface area contributed by atoms with E-state index >= 15 is 0 Å². The van der Waals surface area contributed by atoms with Gasteiger partial charge in [-0.25, -0.2) is 0 Å². The van der Waals surface area contributed by atoms with Crippen LogP contribution >= 0.6 is 0 Å². The van der Waals surface area contributed by atoms with E-state index in [-0.39, 0.29) is 0 Å². The summed E-state index contributed by atoms with van der Waals surface area (Å²) < 4.78 is 26.3. The SMILES string of the molecule is [O]=[Ti](=[O])[S]1=NC=CC=C1c1ccccc1. The molecule has 15 heavy (non-hydrogen) atoms. The van der Waals surface area contributed by atoms with Crippen molar-refractivity contribution in [1.29, 1.82) is 0 Å². The van der Waals surface area contributed by atoms with Gasteiger partial charge in [0.05, 0.1) is 0 Å². The zero-order valence-corrected chi connectivity index (χ0v) is 10.2. The molecule has 0 saturated carbocycles. The predicted octanol–water partition coefficient (Wildman–Crippen LogP) is 2.58. The second-order valence-electron chi connectivity index (χ2n) is 2.88. The van der Waals surface area contributed by atoms with Crippen molar-refractivity contribution in [2.24, 2.45) is 4.36 Å². The molecule has 1 aromatic carbocycles. The summed E-state index contributed by atoms with van der Waals surface area (Å²) in [4.78, 5) is 0.804. The van der Waals surface area contributed by atoms with Crippen LogP contribution in [-0.2, 0) is 31.4 Å². The summed E-state index contributed by atoms with van der Waals surface area (Å²) in [5.74, 6) is 0. The molecule has 0 bridgehead atoms. The number of rotatable bonds is 2. The van der Waals surface area contributed by atoms with Gasteiger partial charge >= 0.3 is 94.9 Å². The molecule has 5 heteroatoms. The standard InChI is InChI=1S/C10H8NS.2O.Ti/c1-2-5-9(6-3-1)10-7-4-8-11-12-10;;;/h1-8H;;;/q+1;;;-1. The fourth-order valence-corrected chi connectivity index (χ4v) is 4.83. The quantitative estimate of drug-likeness (QED) is 0.761. The molecule has 0 N–H and O–H groups in total. The van der Waals surface area contributed by atoms with Gasteiger partial charge in [-0.15, -0.1) is 0 Å². The van der Waals surface area contributed by atoms with Crippen molar-refractivity contribution < 1.29 is 23.2 Å². The maximum absolute atomic E-state index is 11.1. The third kappa shape index (κ3) is 2.40. The molecular weight excluding hydrogens is 246 g/mol. The second-order valence-corrected chi connectivity index (χ2v) is 8.07. The molecule has 2 rings (SSSR count). The minimum absolute atomic E-state index is 0.804. The van der Waals surface area contributed by atoms with Crippen LogP contribution in [-0.4, -0.2) is 0 Å². The molecule has 1 aliphatic rings. The third-order valence-corrected chi connectivity index (χ3v) is 6.36. The van der Waals surface area contributed by atoms with E-state index in [1.165, 1.54) is 0 Å². The van der Waals surface area contributed by atoms with Gasteiger partial charge < -0.3 is 0 Å². The molecule has 1 unspecified atom stereocenters. The first-order valence-electron chi connectivity index (χ1n) is 4.37. The van der Waals surface area contributed by atoms with E-state index in [9.17, 15) is 6.65 Å². The first-order valence-corrected chi connectivity index (χ1v) is 8.74. The number of benzene rings is 1. The first-order chi connectivity index (χ1) is 7.29. The van der Waals surface area contributed by atoms with Crippen molar-refractivity contribution in [3.05, 3.63) is 54.2 Å². The molecule has 1 aliphatic heterocycles. The topological polar surface area (TPSA) is 46.5 Å². The zero-order valence-electron chi connectivity index (χ0n) is 7.79. The Hall–Kier alpha value is -0.836. The summed E-state index contributed by atoms with van der Waals surface area (Å²) >= 11 is -3.50. The van der Waals surface area contributed by atoms with E-state index in [0.717, 1.165) is 10.5 Å². The molecule has 0 aromatic heterocycles. The summed E-state index contributed by atoms with van der Waals surface area (Å²) in [7, 11) is -0.930. The van der Waals surface area contributed by atoms with Crippen LogP contribution < -0.4 is 0 Å².